The summed E-state index contributed by atoms with van der Waals surface area (Å²) in [6.45, 7) is 14.1. The molecule has 1 aromatic carbocycles. The van der Waals surface area contributed by atoms with E-state index in [2.05, 4.69) is 45.2 Å². The predicted molar refractivity (Wildman–Crippen MR) is 112 cm³/mol. The van der Waals surface area contributed by atoms with Crippen LogP contribution in [0.15, 0.2) is 30.3 Å². The van der Waals surface area contributed by atoms with Crippen LogP contribution >= 0.6 is 0 Å². The van der Waals surface area contributed by atoms with Crippen LogP contribution in [0.5, 0.6) is 0 Å². The van der Waals surface area contributed by atoms with Crippen molar-refractivity contribution in [2.24, 2.45) is 16.7 Å². The average molecular weight is 356 g/mol. The minimum Gasteiger partial charge on any atom is -0.337 e. The molecule has 0 radical (unpaired) electrons. The van der Waals surface area contributed by atoms with E-state index < -0.39 is 0 Å². The highest BCUT2D eigenvalue weighted by atomic mass is 16.2. The Morgan fingerprint density at radius 3 is 1.96 bits per heavy atom. The standard InChI is InChI=1S/C15H19NO.C4H8.C3H4.C2H6/c1-14(2)11-16(13(17)15(14)8-9-15)10-12-6-4-3-5-7-12;1-4-2-3-4;1-3-2;1-2/h3-7H,8-11H2,1-2H3;4H,2-3H2,1H3;1H,2H3;1-2H3. The summed E-state index contributed by atoms with van der Waals surface area (Å²) >= 11 is 0. The van der Waals surface area contributed by atoms with Gasteiger partial charge in [0.2, 0.25) is 5.91 Å². The van der Waals surface area contributed by atoms with Crippen LogP contribution in [0.4, 0.5) is 0 Å². The smallest absolute Gasteiger partial charge is 0.229 e. The van der Waals surface area contributed by atoms with Crippen molar-refractivity contribution in [2.45, 2.75) is 73.8 Å². The van der Waals surface area contributed by atoms with E-state index in [4.69, 9.17) is 0 Å². The van der Waals surface area contributed by atoms with E-state index in [-0.39, 0.29) is 10.8 Å². The van der Waals surface area contributed by atoms with E-state index in [9.17, 15) is 4.79 Å². The van der Waals surface area contributed by atoms with Crippen molar-refractivity contribution in [3.8, 4) is 12.3 Å². The lowest BCUT2D eigenvalue weighted by Crippen LogP contribution is -2.27. The van der Waals surface area contributed by atoms with Crippen LogP contribution < -0.4 is 0 Å². The Morgan fingerprint density at radius 2 is 1.62 bits per heavy atom. The van der Waals surface area contributed by atoms with Crippen molar-refractivity contribution >= 4 is 5.91 Å². The Bertz CT molecular complexity index is 588. The van der Waals surface area contributed by atoms with Crippen molar-refractivity contribution in [1.82, 2.24) is 4.90 Å². The largest absolute Gasteiger partial charge is 0.337 e. The molecule has 0 unspecified atom stereocenters. The van der Waals surface area contributed by atoms with Crippen LogP contribution in [0.1, 0.15) is 72.8 Å². The van der Waals surface area contributed by atoms with E-state index in [0.29, 0.717) is 5.91 Å². The number of rotatable bonds is 2. The average Bonchev–Trinajstić information content (AvgIpc) is 3.53. The molecule has 1 amide bonds. The molecule has 3 aliphatic rings. The van der Waals surface area contributed by atoms with Crippen LogP contribution in [0, 0.1) is 29.1 Å². The van der Waals surface area contributed by atoms with Crippen molar-refractivity contribution in [3.63, 3.8) is 0 Å². The summed E-state index contributed by atoms with van der Waals surface area (Å²) in [7, 11) is 0. The lowest BCUT2D eigenvalue weighted by molar-refractivity contribution is -0.133. The van der Waals surface area contributed by atoms with Gasteiger partial charge in [0.25, 0.3) is 0 Å². The molecule has 2 saturated carbocycles. The first kappa shape index (κ1) is 22.3. The van der Waals surface area contributed by atoms with Gasteiger partial charge in [-0.1, -0.05) is 77.8 Å². The van der Waals surface area contributed by atoms with Crippen molar-refractivity contribution in [3.05, 3.63) is 35.9 Å². The highest BCUT2D eigenvalue weighted by molar-refractivity contribution is 5.88. The molecule has 144 valence electrons. The Kier molecular flexibility index (Phi) is 8.41. The van der Waals surface area contributed by atoms with Gasteiger partial charge in [-0.2, -0.15) is 0 Å². The SMILES string of the molecule is C#CC.CC.CC1(C)CN(Cc2ccccc2)C(=O)C12CC2.CC1CC1. The number of hydrogen-bond donors (Lipinski definition) is 0. The molecule has 0 N–H and O–H groups in total. The second-order valence-electron chi connectivity index (χ2n) is 8.08. The van der Waals surface area contributed by atoms with E-state index in [1.807, 2.05) is 36.9 Å². The Balaban J connectivity index is 0.000000315. The number of nitrogens with zero attached hydrogens (tertiary/aromatic N) is 1. The van der Waals surface area contributed by atoms with Crippen LogP contribution in [0.2, 0.25) is 0 Å². The molecule has 0 bridgehead atoms. The van der Waals surface area contributed by atoms with Gasteiger partial charge >= 0.3 is 0 Å². The van der Waals surface area contributed by atoms with Gasteiger partial charge in [-0.3, -0.25) is 4.79 Å². The third-order valence-corrected chi connectivity index (χ3v) is 5.41. The quantitative estimate of drug-likeness (QED) is 0.603. The molecule has 1 aromatic rings. The maximum atomic E-state index is 12.4. The molecule has 0 atom stereocenters. The van der Waals surface area contributed by atoms with Gasteiger partial charge in [0.05, 0.1) is 5.41 Å². The van der Waals surface area contributed by atoms with Gasteiger partial charge in [0, 0.05) is 13.1 Å². The molecule has 0 aromatic heterocycles. The maximum absolute atomic E-state index is 12.4. The fourth-order valence-corrected chi connectivity index (χ4v) is 3.41. The number of carbonyl (C=O) groups is 1. The summed E-state index contributed by atoms with van der Waals surface area (Å²) in [6, 6.07) is 10.3. The van der Waals surface area contributed by atoms with Crippen LogP contribution in [0.25, 0.3) is 0 Å². The minimum atomic E-state index is -0.0121. The summed E-state index contributed by atoms with van der Waals surface area (Å²) < 4.78 is 0. The molecular formula is C24H37NO. The third-order valence-electron chi connectivity index (χ3n) is 5.41. The zero-order valence-electron chi connectivity index (χ0n) is 17.6. The summed E-state index contributed by atoms with van der Waals surface area (Å²) in [5.74, 6) is 3.71. The molecule has 2 aliphatic carbocycles. The van der Waals surface area contributed by atoms with E-state index >= 15 is 0 Å². The predicted octanol–water partition coefficient (Wildman–Crippen LogP) is 5.92. The molecule has 4 rings (SSSR count). The minimum absolute atomic E-state index is 0.0121. The molecule has 26 heavy (non-hydrogen) atoms. The van der Waals surface area contributed by atoms with Gasteiger partial charge in [0.15, 0.2) is 0 Å². The van der Waals surface area contributed by atoms with Crippen molar-refractivity contribution in [1.29, 1.82) is 0 Å². The molecule has 1 aliphatic heterocycles. The van der Waals surface area contributed by atoms with Gasteiger partial charge < -0.3 is 4.90 Å². The molecule has 1 spiro atoms. The van der Waals surface area contributed by atoms with E-state index in [0.717, 1.165) is 31.8 Å². The highest BCUT2D eigenvalue weighted by Crippen LogP contribution is 2.63. The second-order valence-corrected chi connectivity index (χ2v) is 8.08. The molecule has 2 nitrogen and oxygen atoms in total. The van der Waals surface area contributed by atoms with Crippen LogP contribution in [-0.4, -0.2) is 17.4 Å². The molecule has 1 saturated heterocycles. The molecule has 1 heterocycles. The lowest BCUT2D eigenvalue weighted by Gasteiger charge is -2.22. The molecule has 2 heteroatoms. The van der Waals surface area contributed by atoms with E-state index in [1.54, 1.807) is 6.92 Å². The first-order chi connectivity index (χ1) is 12.4. The fraction of sp³-hybridized carbons (Fsp3) is 0.625. The van der Waals surface area contributed by atoms with Gasteiger partial charge in [-0.05, 0) is 36.7 Å². The number of benzene rings is 1. The number of hydrogen-bond acceptors (Lipinski definition) is 1. The van der Waals surface area contributed by atoms with Gasteiger partial charge in [0.1, 0.15) is 0 Å². The normalized spacial score (nSPS) is 20.5. The zero-order valence-corrected chi connectivity index (χ0v) is 17.6. The Labute approximate surface area is 161 Å². The number of terminal acetylenes is 1. The number of likely N-dealkylation sites (tertiary alicyclic amines) is 1. The lowest BCUT2D eigenvalue weighted by atomic mass is 9.79. The first-order valence-electron chi connectivity index (χ1n) is 10.1. The Morgan fingerprint density at radius 1 is 1.15 bits per heavy atom. The fourth-order valence-electron chi connectivity index (χ4n) is 3.41. The van der Waals surface area contributed by atoms with E-state index in [1.165, 1.54) is 18.4 Å². The zero-order chi connectivity index (χ0) is 19.8. The number of amides is 1. The summed E-state index contributed by atoms with van der Waals surface area (Å²) in [4.78, 5) is 14.5. The van der Waals surface area contributed by atoms with Gasteiger partial charge in [-0.15, -0.1) is 12.3 Å². The first-order valence-corrected chi connectivity index (χ1v) is 10.1. The van der Waals surface area contributed by atoms with Crippen molar-refractivity contribution < 1.29 is 4.79 Å². The number of carbonyl (C=O) groups excluding carboxylic acids is 1. The summed E-state index contributed by atoms with van der Waals surface area (Å²) in [5, 5.41) is 0. The highest BCUT2D eigenvalue weighted by Gasteiger charge is 2.65. The monoisotopic (exact) mass is 355 g/mol. The maximum Gasteiger partial charge on any atom is 0.229 e. The third kappa shape index (κ3) is 5.63. The summed E-state index contributed by atoms with van der Waals surface area (Å²) in [6.07, 6.45) is 9.74. The van der Waals surface area contributed by atoms with Crippen LogP contribution in [0.3, 0.4) is 0 Å². The molecular weight excluding hydrogens is 318 g/mol. The van der Waals surface area contributed by atoms with Crippen molar-refractivity contribution in [2.75, 3.05) is 6.54 Å². The summed E-state index contributed by atoms with van der Waals surface area (Å²) in [5.41, 5.74) is 1.37. The van der Waals surface area contributed by atoms with Gasteiger partial charge in [-0.25, -0.2) is 0 Å². The molecule has 3 fully saturated rings. The second kappa shape index (κ2) is 9.81. The van der Waals surface area contributed by atoms with Crippen LogP contribution in [-0.2, 0) is 11.3 Å². The Hall–Kier alpha value is -1.75. The topological polar surface area (TPSA) is 20.3 Å².